The van der Waals surface area contributed by atoms with E-state index in [9.17, 15) is 22.8 Å². The van der Waals surface area contributed by atoms with E-state index in [0.717, 1.165) is 0 Å². The molecule has 15 nitrogen and oxygen atoms in total. The molecule has 196 valence electrons. The maximum atomic E-state index is 12.2. The molecule has 1 aliphatic carbocycles. The van der Waals surface area contributed by atoms with Crippen molar-refractivity contribution in [3.63, 3.8) is 0 Å². The van der Waals surface area contributed by atoms with E-state index in [1.54, 1.807) is 36.4 Å². The second kappa shape index (κ2) is 11.2. The van der Waals surface area contributed by atoms with Crippen LogP contribution in [0.4, 0.5) is 22.7 Å². The molecule has 4 rings (SSSR count). The fourth-order valence-electron chi connectivity index (χ4n) is 3.56. The molecule has 0 saturated carbocycles. The Labute approximate surface area is 220 Å². The summed E-state index contributed by atoms with van der Waals surface area (Å²) in [5.74, 6) is -2.57. The molecule has 0 spiro atoms. The van der Waals surface area contributed by atoms with Gasteiger partial charge in [0, 0.05) is 37.8 Å². The molecule has 16 heteroatoms. The zero-order valence-corrected chi connectivity index (χ0v) is 20.5. The predicted molar refractivity (Wildman–Crippen MR) is 143 cm³/mol. The Morgan fingerprint density at radius 2 is 1.44 bits per heavy atom. The molecule has 0 bridgehead atoms. The average Bonchev–Trinajstić information content (AvgIpc) is 2.91. The number of nitrogens with two attached hydrogens (primary N) is 4. The maximum Gasteiger partial charge on any atom is 0.239 e. The smallest absolute Gasteiger partial charge is 0.239 e. The molecule has 1 aliphatic rings. The first-order valence-corrected chi connectivity index (χ1v) is 12.1. The van der Waals surface area contributed by atoms with Gasteiger partial charge < -0.3 is 17.2 Å². The number of carbonyl (C=O) groups excluding carboxylic acids is 3. The number of hydrogen-bond donors (Lipinski definition) is 4. The van der Waals surface area contributed by atoms with Crippen LogP contribution in [0.3, 0.4) is 0 Å². The lowest BCUT2D eigenvalue weighted by Crippen LogP contribution is -2.28. The molecule has 3 aromatic carbocycles. The summed E-state index contributed by atoms with van der Waals surface area (Å²) in [6.07, 6.45) is 0. The lowest BCUT2D eigenvalue weighted by Gasteiger charge is -2.19. The molecular weight excluding hydrogens is 528 g/mol. The van der Waals surface area contributed by atoms with Crippen LogP contribution in [0.5, 0.6) is 0 Å². The highest BCUT2D eigenvalue weighted by molar-refractivity contribution is 7.98. The first kappa shape index (κ1) is 27.9. The predicted octanol–water partition coefficient (Wildman–Crippen LogP) is 3.33. The number of anilines is 3. The van der Waals surface area contributed by atoms with Crippen molar-refractivity contribution >= 4 is 55.0 Å². The molecule has 0 radical (unpaired) electrons. The number of rotatable bonds is 5. The van der Waals surface area contributed by atoms with Crippen LogP contribution in [0, 0.1) is 0 Å². The van der Waals surface area contributed by atoms with Crippen molar-refractivity contribution in [1.29, 1.82) is 0 Å². The first-order valence-electron chi connectivity index (χ1n) is 10.6. The van der Waals surface area contributed by atoms with Gasteiger partial charge in [-0.3, -0.25) is 14.4 Å². The molecule has 0 saturated heterocycles. The molecule has 0 atom stereocenters. The molecule has 0 heterocycles. The normalized spacial score (nSPS) is 12.3. The number of ketones is 3. The van der Waals surface area contributed by atoms with Gasteiger partial charge >= 0.3 is 0 Å². The van der Waals surface area contributed by atoms with Crippen molar-refractivity contribution < 1.29 is 22.8 Å². The zero-order chi connectivity index (χ0) is 28.9. The van der Waals surface area contributed by atoms with Crippen LogP contribution in [0.2, 0.25) is 0 Å². The average molecular weight is 547 g/mol. The Hall–Kier alpha value is -5.66. The van der Waals surface area contributed by atoms with Crippen LogP contribution >= 0.6 is 0 Å². The molecule has 0 fully saturated rings. The Kier molecular flexibility index (Phi) is 7.99. The zero-order valence-electron chi connectivity index (χ0n) is 19.7. The van der Waals surface area contributed by atoms with Crippen LogP contribution in [0.15, 0.2) is 76.6 Å². The standard InChI is InChI=1S/C13H13N3O.C10H5N7O4S/c14-10-7-6-9(11(15)12(10)16)13(17)8-4-2-1-3-5-8;11-16-14-5-3-1-2-4-6(5)10(22(13,20)21)7(15-17-12)9(19)8(4)18/h1-7H,14-16H2;1-3H,(H2,13,20,21). The van der Waals surface area contributed by atoms with E-state index < -0.39 is 32.2 Å². The number of benzene rings is 3. The number of hydrogen-bond acceptors (Lipinski definition) is 10. The Bertz CT molecular complexity index is 1770. The minimum absolute atomic E-state index is 0.158. The highest BCUT2D eigenvalue weighted by atomic mass is 32.2. The van der Waals surface area contributed by atoms with Crippen LogP contribution in [0.1, 0.15) is 31.8 Å². The molecular formula is C23H18N10O5S. The second-order valence-corrected chi connectivity index (χ2v) is 9.18. The third-order valence-corrected chi connectivity index (χ3v) is 6.30. The van der Waals surface area contributed by atoms with E-state index in [2.05, 4.69) is 20.1 Å². The van der Waals surface area contributed by atoms with Gasteiger partial charge in [0.2, 0.25) is 21.6 Å². The Morgan fingerprint density at radius 1 is 0.795 bits per heavy atom. The molecule has 0 amide bonds. The monoisotopic (exact) mass is 546 g/mol. The van der Waals surface area contributed by atoms with Gasteiger partial charge in [-0.25, -0.2) is 13.6 Å². The van der Waals surface area contributed by atoms with Gasteiger partial charge in [-0.15, -0.1) is 0 Å². The van der Waals surface area contributed by atoms with E-state index in [-0.39, 0.29) is 34.0 Å². The highest BCUT2D eigenvalue weighted by Crippen LogP contribution is 2.39. The van der Waals surface area contributed by atoms with Gasteiger partial charge in [-0.05, 0) is 23.2 Å². The van der Waals surface area contributed by atoms with Crippen molar-refractivity contribution in [2.24, 2.45) is 15.4 Å². The minimum atomic E-state index is -4.55. The van der Waals surface area contributed by atoms with Gasteiger partial charge in [0.25, 0.3) is 0 Å². The summed E-state index contributed by atoms with van der Waals surface area (Å²) in [5, 5.41) is 11.3. The maximum absolute atomic E-state index is 12.2. The largest absolute Gasteiger partial charge is 0.397 e. The van der Waals surface area contributed by atoms with E-state index in [1.807, 2.05) is 6.07 Å². The number of Topliss-reactive ketones (excluding diaryl/α,β-unsaturated/α-hetero) is 2. The molecule has 8 N–H and O–H groups in total. The molecule has 39 heavy (non-hydrogen) atoms. The number of azide groups is 2. The Morgan fingerprint density at radius 3 is 2.03 bits per heavy atom. The van der Waals surface area contributed by atoms with Crippen LogP contribution < -0.4 is 22.3 Å². The number of allylic oxidation sites excluding steroid dienone is 1. The number of sulfonamides is 1. The second-order valence-electron chi connectivity index (χ2n) is 7.68. The van der Waals surface area contributed by atoms with Crippen molar-refractivity contribution in [3.8, 4) is 0 Å². The van der Waals surface area contributed by atoms with Crippen molar-refractivity contribution in [3.05, 3.63) is 110 Å². The molecule has 0 unspecified atom stereocenters. The number of nitrogens with zero attached hydrogens (tertiary/aromatic N) is 6. The summed E-state index contributed by atoms with van der Waals surface area (Å²) in [6, 6.07) is 15.8. The summed E-state index contributed by atoms with van der Waals surface area (Å²) in [6.45, 7) is 0. The summed E-state index contributed by atoms with van der Waals surface area (Å²) in [5.41, 5.74) is 34.1. The topological polar surface area (TPSA) is 287 Å². The first-order chi connectivity index (χ1) is 18.4. The third kappa shape index (κ3) is 5.53. The van der Waals surface area contributed by atoms with E-state index in [0.29, 0.717) is 16.8 Å². The van der Waals surface area contributed by atoms with Gasteiger partial charge in [-0.2, -0.15) is 0 Å². The SMILES string of the molecule is Nc1ccc(C(=O)c2ccccc2)c(N)c1N.[N-]=[N+]=NC1=C(S(N)(=O)=O)c2c(N=[N+]=[N-])cccc2C(=O)C1=O. The lowest BCUT2D eigenvalue weighted by atomic mass is 9.92. The minimum Gasteiger partial charge on any atom is -0.397 e. The summed E-state index contributed by atoms with van der Waals surface area (Å²) >= 11 is 0. The number of primary sulfonamides is 1. The fourth-order valence-corrected chi connectivity index (χ4v) is 4.46. The van der Waals surface area contributed by atoms with Crippen molar-refractivity contribution in [2.75, 3.05) is 17.2 Å². The van der Waals surface area contributed by atoms with Gasteiger partial charge in [0.1, 0.15) is 10.6 Å². The van der Waals surface area contributed by atoms with E-state index >= 15 is 0 Å². The summed E-state index contributed by atoms with van der Waals surface area (Å²) in [4.78, 5) is 40.0. The van der Waals surface area contributed by atoms with Crippen LogP contribution in [-0.2, 0) is 14.8 Å². The molecule has 3 aromatic rings. The van der Waals surface area contributed by atoms with Gasteiger partial charge in [-0.1, -0.05) is 58.8 Å². The van der Waals surface area contributed by atoms with Gasteiger partial charge in [0.15, 0.2) is 5.78 Å². The Balaban J connectivity index is 0.000000223. The quantitative estimate of drug-likeness (QED) is 0.0916. The van der Waals surface area contributed by atoms with Crippen LogP contribution in [-0.4, -0.2) is 25.8 Å². The van der Waals surface area contributed by atoms with Gasteiger partial charge in [0.05, 0.1) is 17.1 Å². The van der Waals surface area contributed by atoms with E-state index in [1.165, 1.54) is 18.2 Å². The van der Waals surface area contributed by atoms with E-state index in [4.69, 9.17) is 33.4 Å². The number of fused-ring (bicyclic) bond motifs is 1. The lowest BCUT2D eigenvalue weighted by molar-refractivity contribution is -0.111. The highest BCUT2D eigenvalue weighted by Gasteiger charge is 2.38. The van der Waals surface area contributed by atoms with Crippen molar-refractivity contribution in [1.82, 2.24) is 0 Å². The van der Waals surface area contributed by atoms with Crippen LogP contribution in [0.25, 0.3) is 25.8 Å². The summed E-state index contributed by atoms with van der Waals surface area (Å²) in [7, 11) is -4.55. The summed E-state index contributed by atoms with van der Waals surface area (Å²) < 4.78 is 23.6. The fraction of sp³-hybridized carbons (Fsp3) is 0. The molecule has 0 aromatic heterocycles. The molecule has 0 aliphatic heterocycles. The number of carbonyl (C=O) groups is 3. The number of nitrogen functional groups attached to an aromatic ring is 3. The third-order valence-electron chi connectivity index (χ3n) is 5.33. The van der Waals surface area contributed by atoms with Crippen molar-refractivity contribution in [2.45, 2.75) is 0 Å².